The van der Waals surface area contributed by atoms with Crippen LogP contribution in [0.15, 0.2) is 12.7 Å². The van der Waals surface area contributed by atoms with Gasteiger partial charge in [-0.2, -0.15) is 0 Å². The molecule has 0 aromatic carbocycles. The van der Waals surface area contributed by atoms with Crippen LogP contribution in [0.2, 0.25) is 0 Å². The second-order valence-corrected chi connectivity index (χ2v) is 9.78. The zero-order chi connectivity index (χ0) is 24.4. The highest BCUT2D eigenvalue weighted by molar-refractivity contribution is 6.03. The first kappa shape index (κ1) is 27.6. The number of amides is 4. The van der Waals surface area contributed by atoms with Crippen molar-refractivity contribution in [2.45, 2.75) is 53.9 Å². The van der Waals surface area contributed by atoms with E-state index in [0.717, 1.165) is 6.08 Å². The lowest BCUT2D eigenvalue weighted by Crippen LogP contribution is -2.42. The number of hydrogen-bond donors (Lipinski definition) is 3. The van der Waals surface area contributed by atoms with E-state index in [1.807, 2.05) is 0 Å². The maximum Gasteiger partial charge on any atom is 0.330 e. The zero-order valence-corrected chi connectivity index (χ0v) is 20.2. The summed E-state index contributed by atoms with van der Waals surface area (Å²) >= 11 is 0. The summed E-state index contributed by atoms with van der Waals surface area (Å²) in [5.74, 6) is -0.919. The standard InChI is InChI=1S/C23H40N4O5/c1-7-19(29)32-14-8-9-25-21(31)26-11-10-24-12-13-27-18(28)15-17(20(27)30)16-23(5,6)22(2,3)4/h7,17,24H,1,8-16H2,2-6H3,(H2,25,26,31). The van der Waals surface area contributed by atoms with Gasteiger partial charge < -0.3 is 20.7 Å². The number of rotatable bonds is 13. The van der Waals surface area contributed by atoms with Gasteiger partial charge in [0.1, 0.15) is 0 Å². The molecule has 1 aliphatic heterocycles. The van der Waals surface area contributed by atoms with E-state index in [0.29, 0.717) is 45.6 Å². The molecule has 9 nitrogen and oxygen atoms in total. The Morgan fingerprint density at radius 2 is 1.75 bits per heavy atom. The molecule has 3 N–H and O–H groups in total. The number of carbonyl (C=O) groups excluding carboxylic acids is 4. The molecule has 0 radical (unpaired) electrons. The normalized spacial score (nSPS) is 16.8. The monoisotopic (exact) mass is 452 g/mol. The summed E-state index contributed by atoms with van der Waals surface area (Å²) in [7, 11) is 0. The third kappa shape index (κ3) is 8.98. The Morgan fingerprint density at radius 1 is 1.09 bits per heavy atom. The number of imide groups is 1. The molecule has 4 amide bonds. The molecule has 0 spiro atoms. The van der Waals surface area contributed by atoms with Gasteiger partial charge in [0.15, 0.2) is 0 Å². The third-order valence-corrected chi connectivity index (χ3v) is 6.24. The average Bonchev–Trinajstić information content (AvgIpc) is 2.95. The fraction of sp³-hybridized carbons (Fsp3) is 0.739. The molecule has 1 fully saturated rings. The first-order valence-electron chi connectivity index (χ1n) is 11.2. The smallest absolute Gasteiger partial charge is 0.330 e. The Hall–Kier alpha value is -2.42. The number of nitrogens with zero attached hydrogens (tertiary/aromatic N) is 1. The first-order chi connectivity index (χ1) is 14.9. The highest BCUT2D eigenvalue weighted by Gasteiger charge is 2.43. The topological polar surface area (TPSA) is 117 Å². The quantitative estimate of drug-likeness (QED) is 0.170. The average molecular weight is 453 g/mol. The van der Waals surface area contributed by atoms with Gasteiger partial charge >= 0.3 is 12.0 Å². The van der Waals surface area contributed by atoms with Crippen LogP contribution in [0.1, 0.15) is 53.9 Å². The zero-order valence-electron chi connectivity index (χ0n) is 20.2. The van der Waals surface area contributed by atoms with Gasteiger partial charge in [-0.05, 0) is 23.7 Å². The van der Waals surface area contributed by atoms with Crippen LogP contribution in [-0.2, 0) is 19.1 Å². The number of urea groups is 1. The molecule has 182 valence electrons. The van der Waals surface area contributed by atoms with Crippen molar-refractivity contribution in [1.82, 2.24) is 20.9 Å². The predicted molar refractivity (Wildman–Crippen MR) is 123 cm³/mol. The van der Waals surface area contributed by atoms with Crippen molar-refractivity contribution in [2.75, 3.05) is 39.3 Å². The Balaban J connectivity index is 2.19. The Labute approximate surface area is 191 Å². The largest absolute Gasteiger partial charge is 0.462 e. The van der Waals surface area contributed by atoms with Crippen molar-refractivity contribution < 1.29 is 23.9 Å². The third-order valence-electron chi connectivity index (χ3n) is 6.24. The van der Waals surface area contributed by atoms with E-state index in [2.05, 4.69) is 57.1 Å². The summed E-state index contributed by atoms with van der Waals surface area (Å²) in [5.41, 5.74) is -0.00687. The molecule has 0 aromatic rings. The van der Waals surface area contributed by atoms with Gasteiger partial charge in [0.05, 0.1) is 6.61 Å². The Kier molecular flexibility index (Phi) is 10.9. The van der Waals surface area contributed by atoms with Gasteiger partial charge in [0.2, 0.25) is 11.8 Å². The molecular formula is C23H40N4O5. The van der Waals surface area contributed by atoms with Crippen LogP contribution in [0.4, 0.5) is 4.79 Å². The molecule has 32 heavy (non-hydrogen) atoms. The Morgan fingerprint density at radius 3 is 2.38 bits per heavy atom. The minimum absolute atomic E-state index is 0.0446. The van der Waals surface area contributed by atoms with Gasteiger partial charge in [0.25, 0.3) is 0 Å². The number of carbonyl (C=O) groups is 4. The van der Waals surface area contributed by atoms with E-state index in [4.69, 9.17) is 4.74 Å². The van der Waals surface area contributed by atoms with Crippen LogP contribution < -0.4 is 16.0 Å². The van der Waals surface area contributed by atoms with E-state index in [-0.39, 0.29) is 47.6 Å². The molecule has 1 atom stereocenters. The lowest BCUT2D eigenvalue weighted by atomic mass is 9.65. The second kappa shape index (κ2) is 12.6. The SMILES string of the molecule is C=CC(=O)OCCCNC(=O)NCCNCCN1C(=O)CC(CC(C)(C)C(C)(C)C)C1=O. The molecule has 9 heteroatoms. The van der Waals surface area contributed by atoms with Crippen molar-refractivity contribution >= 4 is 23.8 Å². The van der Waals surface area contributed by atoms with E-state index < -0.39 is 5.97 Å². The number of likely N-dealkylation sites (tertiary alicyclic amines) is 1. The minimum atomic E-state index is -0.484. The molecule has 1 aliphatic rings. The van der Waals surface area contributed by atoms with Crippen LogP contribution >= 0.6 is 0 Å². The molecule has 1 saturated heterocycles. The highest BCUT2D eigenvalue weighted by atomic mass is 16.5. The molecule has 1 rings (SSSR count). The lowest BCUT2D eigenvalue weighted by molar-refractivity contribution is -0.140. The van der Waals surface area contributed by atoms with Crippen molar-refractivity contribution in [3.63, 3.8) is 0 Å². The van der Waals surface area contributed by atoms with Gasteiger partial charge in [-0.3, -0.25) is 14.5 Å². The van der Waals surface area contributed by atoms with Gasteiger partial charge in [-0.1, -0.05) is 41.2 Å². The van der Waals surface area contributed by atoms with Crippen molar-refractivity contribution in [1.29, 1.82) is 0 Å². The fourth-order valence-corrected chi connectivity index (χ4v) is 3.22. The summed E-state index contributed by atoms with van der Waals surface area (Å²) in [6, 6.07) is -0.309. The van der Waals surface area contributed by atoms with Crippen LogP contribution in [-0.4, -0.2) is 68.0 Å². The van der Waals surface area contributed by atoms with Crippen LogP contribution in [0, 0.1) is 16.7 Å². The fourth-order valence-electron chi connectivity index (χ4n) is 3.22. The van der Waals surface area contributed by atoms with E-state index in [9.17, 15) is 19.2 Å². The number of nitrogens with one attached hydrogen (secondary N) is 3. The summed E-state index contributed by atoms with van der Waals surface area (Å²) in [5, 5.41) is 8.50. The van der Waals surface area contributed by atoms with Crippen molar-refractivity contribution in [3.05, 3.63) is 12.7 Å². The lowest BCUT2D eigenvalue weighted by Gasteiger charge is -2.40. The first-order valence-corrected chi connectivity index (χ1v) is 11.2. The van der Waals surface area contributed by atoms with Crippen molar-refractivity contribution in [2.24, 2.45) is 16.7 Å². The van der Waals surface area contributed by atoms with Crippen LogP contribution in [0.25, 0.3) is 0 Å². The second-order valence-electron chi connectivity index (χ2n) is 9.78. The van der Waals surface area contributed by atoms with Crippen LogP contribution in [0.5, 0.6) is 0 Å². The molecule has 0 aromatic heterocycles. The van der Waals surface area contributed by atoms with E-state index >= 15 is 0 Å². The van der Waals surface area contributed by atoms with E-state index in [1.165, 1.54) is 4.90 Å². The van der Waals surface area contributed by atoms with Gasteiger partial charge in [0, 0.05) is 51.1 Å². The summed E-state index contributed by atoms with van der Waals surface area (Å²) in [4.78, 5) is 48.9. The van der Waals surface area contributed by atoms with Gasteiger partial charge in [-0.25, -0.2) is 9.59 Å². The highest BCUT2D eigenvalue weighted by Crippen LogP contribution is 2.44. The number of hydrogen-bond acceptors (Lipinski definition) is 6. The molecule has 0 saturated carbocycles. The molecule has 1 unspecified atom stereocenters. The number of ether oxygens (including phenoxy) is 1. The summed E-state index contributed by atoms with van der Waals surface area (Å²) in [6.07, 6.45) is 2.58. The summed E-state index contributed by atoms with van der Waals surface area (Å²) < 4.78 is 4.81. The number of esters is 1. The maximum absolute atomic E-state index is 12.7. The molecular weight excluding hydrogens is 412 g/mol. The van der Waals surface area contributed by atoms with E-state index in [1.54, 1.807) is 0 Å². The maximum atomic E-state index is 12.7. The van der Waals surface area contributed by atoms with Gasteiger partial charge in [-0.15, -0.1) is 0 Å². The summed E-state index contributed by atoms with van der Waals surface area (Å²) in [6.45, 7) is 16.4. The molecule has 0 bridgehead atoms. The Bertz CT molecular complexity index is 684. The predicted octanol–water partition coefficient (Wildman–Crippen LogP) is 1.83. The van der Waals surface area contributed by atoms with Crippen molar-refractivity contribution in [3.8, 4) is 0 Å². The molecule has 0 aliphatic carbocycles. The van der Waals surface area contributed by atoms with Crippen LogP contribution in [0.3, 0.4) is 0 Å². The molecule has 1 heterocycles. The minimum Gasteiger partial charge on any atom is -0.462 e.